The molecule has 0 aliphatic rings. The van der Waals surface area contributed by atoms with Crippen molar-refractivity contribution in [1.82, 2.24) is 15.6 Å². The number of rotatable bonds is 6. The highest BCUT2D eigenvalue weighted by Gasteiger charge is 1.97. The van der Waals surface area contributed by atoms with Crippen molar-refractivity contribution in [3.63, 3.8) is 0 Å². The second kappa shape index (κ2) is 6.02. The number of hydrazine groups is 1. The van der Waals surface area contributed by atoms with Gasteiger partial charge in [0.15, 0.2) is 0 Å². The van der Waals surface area contributed by atoms with E-state index in [1.165, 1.54) is 12.1 Å². The van der Waals surface area contributed by atoms with Crippen LogP contribution in [0.15, 0.2) is 5.29 Å². The van der Waals surface area contributed by atoms with Crippen molar-refractivity contribution in [1.29, 1.82) is 0 Å². The summed E-state index contributed by atoms with van der Waals surface area (Å²) in [5.41, 5.74) is 0. The second-order valence-corrected chi connectivity index (χ2v) is 2.17. The van der Waals surface area contributed by atoms with Gasteiger partial charge in [-0.25, -0.2) is 5.01 Å². The molecule has 0 aromatic heterocycles. The van der Waals surface area contributed by atoms with Gasteiger partial charge in [0.25, 0.3) is 0 Å². The third-order valence-corrected chi connectivity index (χ3v) is 1.27. The molecule has 0 rings (SSSR count). The molecule has 0 radical (unpaired) electrons. The molecule has 0 aromatic rings. The van der Waals surface area contributed by atoms with Crippen molar-refractivity contribution in [3.05, 3.63) is 10.1 Å². The first-order valence-corrected chi connectivity index (χ1v) is 3.38. The molecule has 0 fully saturated rings. The zero-order chi connectivity index (χ0) is 8.69. The van der Waals surface area contributed by atoms with Crippen LogP contribution in [0.1, 0.15) is 6.42 Å². The Morgan fingerprint density at radius 2 is 2.27 bits per heavy atom. The van der Waals surface area contributed by atoms with E-state index in [0.717, 1.165) is 13.0 Å². The van der Waals surface area contributed by atoms with E-state index in [0.29, 0.717) is 6.54 Å². The van der Waals surface area contributed by atoms with E-state index in [1.807, 2.05) is 7.05 Å². The highest BCUT2D eigenvalue weighted by atomic mass is 16.6. The largest absolute Gasteiger partial charge is 0.724 e. The molecule has 0 aliphatic carbocycles. The van der Waals surface area contributed by atoms with Gasteiger partial charge < -0.3 is 10.5 Å². The summed E-state index contributed by atoms with van der Waals surface area (Å²) < 4.78 is 0. The molecule has 0 bridgehead atoms. The molecule has 0 heterocycles. The molecule has 11 heavy (non-hydrogen) atoms. The van der Waals surface area contributed by atoms with Crippen LogP contribution in [-0.4, -0.2) is 37.5 Å². The summed E-state index contributed by atoms with van der Waals surface area (Å²) in [6, 6.07) is 0. The highest BCUT2D eigenvalue weighted by molar-refractivity contribution is 4.49. The molecule has 0 aromatic carbocycles. The molecule has 66 valence electrons. The Hall–Kier alpha value is -0.720. The topological polar surface area (TPSA) is 71.0 Å². The minimum atomic E-state index is 0.0374. The highest BCUT2D eigenvalue weighted by Crippen LogP contribution is 1.92. The summed E-state index contributed by atoms with van der Waals surface area (Å²) in [6.45, 7) is 1.34. The summed E-state index contributed by atoms with van der Waals surface area (Å²) in [7, 11) is 3.34. The first-order chi connectivity index (χ1) is 5.22. The predicted molar refractivity (Wildman–Crippen MR) is 42.2 cm³/mol. The van der Waals surface area contributed by atoms with Gasteiger partial charge >= 0.3 is 0 Å². The van der Waals surface area contributed by atoms with Gasteiger partial charge in [0.1, 0.15) is 0 Å². The zero-order valence-corrected chi connectivity index (χ0v) is 6.78. The smallest absolute Gasteiger partial charge is 0.0579 e. The minimum Gasteiger partial charge on any atom is -0.724 e. The Kier molecular flexibility index (Phi) is 5.63. The predicted octanol–water partition coefficient (Wildman–Crippen LogP) is -0.0761. The Bertz CT molecular complexity index is 111. The molecule has 0 saturated heterocycles. The fourth-order valence-electron chi connectivity index (χ4n) is 0.633. The maximum atomic E-state index is 10.4. The van der Waals surface area contributed by atoms with Crippen LogP contribution in [0.3, 0.4) is 0 Å². The molecule has 0 amide bonds. The molecule has 6 heteroatoms. The van der Waals surface area contributed by atoms with Gasteiger partial charge in [-0.05, 0) is 20.0 Å². The van der Waals surface area contributed by atoms with Crippen LogP contribution in [-0.2, 0) is 0 Å². The van der Waals surface area contributed by atoms with Crippen LogP contribution in [0, 0.1) is 10.1 Å². The lowest BCUT2D eigenvalue weighted by Crippen LogP contribution is -2.32. The van der Waals surface area contributed by atoms with Crippen LogP contribution in [0.5, 0.6) is 0 Å². The van der Waals surface area contributed by atoms with Crippen LogP contribution in [0.4, 0.5) is 0 Å². The average molecular weight is 161 g/mol. The fraction of sp³-hybridized carbons (Fsp3) is 1.00. The zero-order valence-electron chi connectivity index (χ0n) is 6.78. The fourth-order valence-corrected chi connectivity index (χ4v) is 0.633. The Balaban J connectivity index is 3.35. The third-order valence-electron chi connectivity index (χ3n) is 1.27. The molecule has 0 saturated carbocycles. The van der Waals surface area contributed by atoms with Gasteiger partial charge in [0.05, 0.1) is 5.29 Å². The molecular formula is C5H13N4O2-. The number of nitrogens with one attached hydrogen (secondary N) is 1. The van der Waals surface area contributed by atoms with Gasteiger partial charge in [-0.15, -0.1) is 4.91 Å². The van der Waals surface area contributed by atoms with Crippen molar-refractivity contribution < 1.29 is 0 Å². The third kappa shape index (κ3) is 4.65. The minimum absolute atomic E-state index is 0.0374. The van der Waals surface area contributed by atoms with E-state index in [9.17, 15) is 10.1 Å². The summed E-state index contributed by atoms with van der Waals surface area (Å²) >= 11 is 0. The standard InChI is InChI=1S/C5H13N4O2/c1-6-4-3-5-8(2)9(11)7-10/h6H,3-5H2,1-2H3/q-1. The van der Waals surface area contributed by atoms with Crippen molar-refractivity contribution >= 4 is 0 Å². The number of nitroso groups, excluding NO2 is 1. The van der Waals surface area contributed by atoms with E-state index < -0.39 is 0 Å². The number of hydrogen-bond acceptors (Lipinski definition) is 5. The summed E-state index contributed by atoms with van der Waals surface area (Å²) in [5.74, 6) is 0. The first-order valence-electron chi connectivity index (χ1n) is 3.38. The molecule has 0 spiro atoms. The summed E-state index contributed by atoms with van der Waals surface area (Å²) in [6.07, 6.45) is 0.807. The SMILES string of the molecule is CNCCCN(C)N([O-])N=O. The van der Waals surface area contributed by atoms with Crippen LogP contribution < -0.4 is 5.32 Å². The second-order valence-electron chi connectivity index (χ2n) is 2.17. The van der Waals surface area contributed by atoms with E-state index in [1.54, 1.807) is 0 Å². The molecule has 0 aliphatic heterocycles. The van der Waals surface area contributed by atoms with Crippen LogP contribution in [0.2, 0.25) is 0 Å². The van der Waals surface area contributed by atoms with Crippen molar-refractivity contribution in [2.75, 3.05) is 27.2 Å². The van der Waals surface area contributed by atoms with Gasteiger partial charge in [-0.3, -0.25) is 5.28 Å². The van der Waals surface area contributed by atoms with Crippen LogP contribution in [0.25, 0.3) is 0 Å². The summed E-state index contributed by atoms with van der Waals surface area (Å²) in [4.78, 5) is 9.69. The molecule has 0 atom stereocenters. The lowest BCUT2D eigenvalue weighted by Gasteiger charge is -2.30. The van der Waals surface area contributed by atoms with Crippen molar-refractivity contribution in [2.45, 2.75) is 6.42 Å². The van der Waals surface area contributed by atoms with Gasteiger partial charge in [0, 0.05) is 13.6 Å². The van der Waals surface area contributed by atoms with Crippen molar-refractivity contribution in [3.8, 4) is 0 Å². The Morgan fingerprint density at radius 1 is 1.64 bits per heavy atom. The van der Waals surface area contributed by atoms with Crippen molar-refractivity contribution in [2.24, 2.45) is 5.29 Å². The van der Waals surface area contributed by atoms with E-state index in [-0.39, 0.29) is 5.28 Å². The first kappa shape index (κ1) is 10.3. The molecule has 6 nitrogen and oxygen atoms in total. The maximum Gasteiger partial charge on any atom is 0.0579 e. The lowest BCUT2D eigenvalue weighted by atomic mass is 10.4. The summed E-state index contributed by atoms with van der Waals surface area (Å²) in [5, 5.41) is 16.8. The van der Waals surface area contributed by atoms with Gasteiger partial charge in [-0.2, -0.15) is 0 Å². The van der Waals surface area contributed by atoms with Crippen LogP contribution >= 0.6 is 0 Å². The molecular weight excluding hydrogens is 148 g/mol. The molecule has 1 N–H and O–H groups in total. The van der Waals surface area contributed by atoms with E-state index in [2.05, 4.69) is 10.6 Å². The van der Waals surface area contributed by atoms with Gasteiger partial charge in [-0.1, -0.05) is 0 Å². The Morgan fingerprint density at radius 3 is 2.73 bits per heavy atom. The monoisotopic (exact) mass is 161 g/mol. The Labute approximate surface area is 65.7 Å². The van der Waals surface area contributed by atoms with E-state index >= 15 is 0 Å². The molecule has 0 unspecified atom stereocenters. The number of hydrogen-bond donors (Lipinski definition) is 1. The lowest BCUT2D eigenvalue weighted by molar-refractivity contribution is 0.0516. The normalized spacial score (nSPS) is 10.2. The maximum absolute atomic E-state index is 10.4. The number of nitrogens with zero attached hydrogens (tertiary/aromatic N) is 3. The van der Waals surface area contributed by atoms with E-state index in [4.69, 9.17) is 0 Å². The quantitative estimate of drug-likeness (QED) is 0.335. The average Bonchev–Trinajstić information content (AvgIpc) is 2.03. The van der Waals surface area contributed by atoms with Gasteiger partial charge in [0.2, 0.25) is 0 Å².